The topological polar surface area (TPSA) is 78.9 Å². The quantitative estimate of drug-likeness (QED) is 0.0267. The van der Waals surface area contributed by atoms with E-state index in [1.54, 1.807) is 0 Å². The van der Waals surface area contributed by atoms with Gasteiger partial charge in [-0.2, -0.15) is 0 Å². The van der Waals surface area contributed by atoms with Crippen molar-refractivity contribution in [1.82, 2.24) is 0 Å². The second-order valence-corrected chi connectivity index (χ2v) is 15.7. The van der Waals surface area contributed by atoms with Crippen LogP contribution in [0.15, 0.2) is 24.3 Å². The van der Waals surface area contributed by atoms with Crippen LogP contribution in [0.5, 0.6) is 0 Å². The summed E-state index contributed by atoms with van der Waals surface area (Å²) in [4.78, 5) is 37.7. The average Bonchev–Trinajstić information content (AvgIpc) is 3.17. The summed E-state index contributed by atoms with van der Waals surface area (Å²) >= 11 is 0. The summed E-state index contributed by atoms with van der Waals surface area (Å²) in [5, 5.41) is 0. The summed E-state index contributed by atoms with van der Waals surface area (Å²) in [5.74, 6) is -0.900. The monoisotopic (exact) mass is 761 g/mol. The van der Waals surface area contributed by atoms with Crippen LogP contribution in [-0.2, 0) is 28.6 Å². The summed E-state index contributed by atoms with van der Waals surface area (Å²) in [6.45, 7) is 6.59. The molecule has 0 aromatic rings. The van der Waals surface area contributed by atoms with Crippen molar-refractivity contribution in [2.24, 2.45) is 0 Å². The first-order valence-corrected chi connectivity index (χ1v) is 23.4. The summed E-state index contributed by atoms with van der Waals surface area (Å²) in [7, 11) is 0. The molecule has 0 aromatic carbocycles. The van der Waals surface area contributed by atoms with Crippen LogP contribution >= 0.6 is 0 Å². The SMILES string of the molecule is CCCCCCCCC/C=C\C=C/CCCCCC(=O)OCC(COC(=O)CCCCCCCCCCCC)OC(=O)CCCCCCCCCCCC. The minimum Gasteiger partial charge on any atom is -0.462 e. The highest BCUT2D eigenvalue weighted by molar-refractivity contribution is 5.71. The number of hydrogen-bond donors (Lipinski definition) is 0. The third-order valence-electron chi connectivity index (χ3n) is 10.2. The van der Waals surface area contributed by atoms with E-state index in [9.17, 15) is 14.4 Å². The van der Waals surface area contributed by atoms with Gasteiger partial charge in [0.1, 0.15) is 13.2 Å². The minimum atomic E-state index is -0.773. The first-order valence-electron chi connectivity index (χ1n) is 23.4. The molecule has 0 aliphatic heterocycles. The Bertz CT molecular complexity index is 880. The highest BCUT2D eigenvalue weighted by Crippen LogP contribution is 2.14. The molecule has 0 saturated heterocycles. The number of rotatable bonds is 42. The van der Waals surface area contributed by atoms with E-state index in [2.05, 4.69) is 45.1 Å². The van der Waals surface area contributed by atoms with Gasteiger partial charge in [0.05, 0.1) is 0 Å². The number of allylic oxidation sites excluding steroid dienone is 4. The van der Waals surface area contributed by atoms with Crippen molar-refractivity contribution < 1.29 is 28.6 Å². The molecule has 1 atom stereocenters. The van der Waals surface area contributed by atoms with E-state index >= 15 is 0 Å². The van der Waals surface area contributed by atoms with Crippen LogP contribution in [0.2, 0.25) is 0 Å². The maximum absolute atomic E-state index is 12.7. The van der Waals surface area contributed by atoms with Crippen LogP contribution in [-0.4, -0.2) is 37.2 Å². The lowest BCUT2D eigenvalue weighted by Gasteiger charge is -2.18. The van der Waals surface area contributed by atoms with Crippen molar-refractivity contribution in [3.8, 4) is 0 Å². The lowest BCUT2D eigenvalue weighted by molar-refractivity contribution is -0.167. The largest absolute Gasteiger partial charge is 0.462 e. The van der Waals surface area contributed by atoms with Gasteiger partial charge in [0, 0.05) is 19.3 Å². The van der Waals surface area contributed by atoms with Crippen molar-refractivity contribution in [2.45, 2.75) is 252 Å². The van der Waals surface area contributed by atoms with Gasteiger partial charge in [-0.25, -0.2) is 0 Å². The van der Waals surface area contributed by atoms with Gasteiger partial charge < -0.3 is 14.2 Å². The van der Waals surface area contributed by atoms with Gasteiger partial charge >= 0.3 is 17.9 Å². The second kappa shape index (κ2) is 43.6. The highest BCUT2D eigenvalue weighted by Gasteiger charge is 2.19. The zero-order valence-corrected chi connectivity index (χ0v) is 36.0. The van der Waals surface area contributed by atoms with Gasteiger partial charge in [-0.15, -0.1) is 0 Å². The molecule has 1 unspecified atom stereocenters. The number of unbranched alkanes of at least 4 members (excludes halogenated alkanes) is 28. The average molecular weight is 761 g/mol. The fourth-order valence-electron chi connectivity index (χ4n) is 6.67. The third kappa shape index (κ3) is 41.1. The molecule has 0 aliphatic rings. The molecule has 0 rings (SSSR count). The first-order chi connectivity index (χ1) is 26.5. The summed E-state index contributed by atoms with van der Waals surface area (Å²) < 4.78 is 16.7. The van der Waals surface area contributed by atoms with Crippen molar-refractivity contribution >= 4 is 17.9 Å². The molecule has 54 heavy (non-hydrogen) atoms. The zero-order valence-electron chi connectivity index (χ0n) is 36.0. The smallest absolute Gasteiger partial charge is 0.306 e. The van der Waals surface area contributed by atoms with Gasteiger partial charge in [-0.3, -0.25) is 14.4 Å². The molecule has 0 fully saturated rings. The van der Waals surface area contributed by atoms with Crippen LogP contribution in [0.4, 0.5) is 0 Å². The summed E-state index contributed by atoms with van der Waals surface area (Å²) in [6.07, 6.45) is 47.3. The standard InChI is InChI=1S/C48H88O6/c1-4-7-10-13-16-19-22-23-24-25-26-27-30-32-35-38-41-47(50)53-44-45(54-48(51)42-39-36-33-29-21-18-15-12-9-6-3)43-52-46(49)40-37-34-31-28-20-17-14-11-8-5-2/h24-27,45H,4-23,28-44H2,1-3H3/b25-24-,27-26-. The molecule has 0 saturated carbocycles. The maximum Gasteiger partial charge on any atom is 0.306 e. The Balaban J connectivity index is 4.35. The summed E-state index contributed by atoms with van der Waals surface area (Å²) in [6, 6.07) is 0. The first kappa shape index (κ1) is 51.9. The van der Waals surface area contributed by atoms with Gasteiger partial charge in [0.15, 0.2) is 6.10 Å². The van der Waals surface area contributed by atoms with Crippen molar-refractivity contribution in [1.29, 1.82) is 0 Å². The fraction of sp³-hybridized carbons (Fsp3) is 0.854. The van der Waals surface area contributed by atoms with Crippen LogP contribution in [0, 0.1) is 0 Å². The van der Waals surface area contributed by atoms with E-state index in [1.807, 2.05) is 0 Å². The molecule has 6 nitrogen and oxygen atoms in total. The van der Waals surface area contributed by atoms with Crippen LogP contribution in [0.1, 0.15) is 245 Å². The lowest BCUT2D eigenvalue weighted by Crippen LogP contribution is -2.30. The van der Waals surface area contributed by atoms with Gasteiger partial charge in [0.2, 0.25) is 0 Å². The Labute approximate surface area is 334 Å². The minimum absolute atomic E-state index is 0.0759. The molecule has 0 bridgehead atoms. The summed E-state index contributed by atoms with van der Waals surface area (Å²) in [5.41, 5.74) is 0. The third-order valence-corrected chi connectivity index (χ3v) is 10.2. The normalized spacial score (nSPS) is 12.1. The number of ether oxygens (including phenoxy) is 3. The van der Waals surface area contributed by atoms with E-state index in [1.165, 1.54) is 135 Å². The van der Waals surface area contributed by atoms with Crippen molar-refractivity contribution in [3.63, 3.8) is 0 Å². The van der Waals surface area contributed by atoms with Crippen molar-refractivity contribution in [2.75, 3.05) is 13.2 Å². The number of carbonyl (C=O) groups is 3. The second-order valence-electron chi connectivity index (χ2n) is 15.7. The molecular weight excluding hydrogens is 673 g/mol. The lowest BCUT2D eigenvalue weighted by atomic mass is 10.1. The number of esters is 3. The van der Waals surface area contributed by atoms with E-state index < -0.39 is 6.10 Å². The van der Waals surface area contributed by atoms with E-state index in [-0.39, 0.29) is 31.1 Å². The number of carbonyl (C=O) groups excluding carboxylic acids is 3. The Morgan fingerprint density at radius 1 is 0.370 bits per heavy atom. The van der Waals surface area contributed by atoms with Crippen LogP contribution in [0.3, 0.4) is 0 Å². The number of hydrogen-bond acceptors (Lipinski definition) is 6. The molecule has 6 heteroatoms. The molecule has 0 aromatic heterocycles. The van der Waals surface area contributed by atoms with Crippen LogP contribution in [0.25, 0.3) is 0 Å². The Morgan fingerprint density at radius 2 is 0.648 bits per heavy atom. The Kier molecular flexibility index (Phi) is 41.9. The van der Waals surface area contributed by atoms with Crippen LogP contribution < -0.4 is 0 Å². The molecular formula is C48H88O6. The van der Waals surface area contributed by atoms with E-state index in [4.69, 9.17) is 14.2 Å². The molecule has 0 amide bonds. The molecule has 0 aliphatic carbocycles. The van der Waals surface area contributed by atoms with E-state index in [0.29, 0.717) is 19.3 Å². The predicted molar refractivity (Wildman–Crippen MR) is 229 cm³/mol. The highest BCUT2D eigenvalue weighted by atomic mass is 16.6. The molecule has 316 valence electrons. The Morgan fingerprint density at radius 3 is 1.00 bits per heavy atom. The maximum atomic E-state index is 12.7. The zero-order chi connectivity index (χ0) is 39.4. The van der Waals surface area contributed by atoms with Gasteiger partial charge in [-0.05, 0) is 44.9 Å². The van der Waals surface area contributed by atoms with Gasteiger partial charge in [-0.1, -0.05) is 206 Å². The molecule has 0 radical (unpaired) electrons. The molecule has 0 spiro atoms. The molecule has 0 N–H and O–H groups in total. The predicted octanol–water partition coefficient (Wildman–Crippen LogP) is 14.8. The van der Waals surface area contributed by atoms with Crippen molar-refractivity contribution in [3.05, 3.63) is 24.3 Å². The van der Waals surface area contributed by atoms with E-state index in [0.717, 1.165) is 70.6 Å². The Hall–Kier alpha value is -2.11. The molecule has 0 heterocycles. The van der Waals surface area contributed by atoms with Gasteiger partial charge in [0.25, 0.3) is 0 Å². The fourth-order valence-corrected chi connectivity index (χ4v) is 6.67.